The number of phenols is 1. The van der Waals surface area contributed by atoms with Gasteiger partial charge >= 0.3 is 0 Å². The number of amides is 1. The summed E-state index contributed by atoms with van der Waals surface area (Å²) in [6, 6.07) is 9.31. The Hall–Kier alpha value is -1.13. The van der Waals surface area contributed by atoms with Gasteiger partial charge in [0.2, 0.25) is 0 Å². The van der Waals surface area contributed by atoms with Crippen LogP contribution in [-0.4, -0.2) is 23.8 Å². The van der Waals surface area contributed by atoms with Gasteiger partial charge in [-0.15, -0.1) is 0 Å². The zero-order chi connectivity index (χ0) is 17.7. The van der Waals surface area contributed by atoms with Crippen molar-refractivity contribution >= 4 is 72.3 Å². The molecule has 0 aliphatic carbocycles. The van der Waals surface area contributed by atoms with Gasteiger partial charge in [-0.3, -0.25) is 4.79 Å². The molecule has 0 fully saturated rings. The maximum Gasteiger partial charge on any atom is 0.259 e. The lowest BCUT2D eigenvalue weighted by Gasteiger charge is -2.07. The van der Waals surface area contributed by atoms with Crippen LogP contribution >= 0.6 is 54.5 Å². The zero-order valence-electron chi connectivity index (χ0n) is 12.6. The molecule has 0 heterocycles. The first-order chi connectivity index (χ1) is 11.4. The predicted molar refractivity (Wildman–Crippen MR) is 112 cm³/mol. The monoisotopic (exact) mass is 565 g/mol. The standard InChI is InChI=1S/C16H14Br2IN3O2/c1-9-4-11(2-3-14(9)19)20-8-15(23)22-21-7-10-5-12(17)16(24)13(18)6-10/h2-7,20,24H,8H2,1H3,(H,22,23). The van der Waals surface area contributed by atoms with E-state index in [1.54, 1.807) is 12.1 Å². The van der Waals surface area contributed by atoms with Gasteiger partial charge in [0, 0.05) is 9.26 Å². The number of carbonyl (C=O) groups excluding carboxylic acids is 1. The van der Waals surface area contributed by atoms with Crippen LogP contribution in [0.3, 0.4) is 0 Å². The summed E-state index contributed by atoms with van der Waals surface area (Å²) in [5, 5.41) is 16.6. The molecule has 8 heteroatoms. The highest BCUT2D eigenvalue weighted by Crippen LogP contribution is 2.32. The molecule has 0 saturated heterocycles. The first-order valence-corrected chi connectivity index (χ1v) is 9.53. The van der Waals surface area contributed by atoms with Crippen LogP contribution in [-0.2, 0) is 4.79 Å². The van der Waals surface area contributed by atoms with Crippen LogP contribution < -0.4 is 10.7 Å². The molecule has 0 saturated carbocycles. The number of hydrogen-bond donors (Lipinski definition) is 3. The third kappa shape index (κ3) is 5.45. The Labute approximate surface area is 170 Å². The van der Waals surface area contributed by atoms with Crippen LogP contribution in [0.5, 0.6) is 5.75 Å². The molecule has 0 unspecified atom stereocenters. The molecule has 5 nitrogen and oxygen atoms in total. The summed E-state index contributed by atoms with van der Waals surface area (Å²) < 4.78 is 2.26. The smallest absolute Gasteiger partial charge is 0.259 e. The topological polar surface area (TPSA) is 73.7 Å². The van der Waals surface area contributed by atoms with Gasteiger partial charge in [-0.05, 0) is 103 Å². The summed E-state index contributed by atoms with van der Waals surface area (Å²) in [7, 11) is 0. The fourth-order valence-electron chi connectivity index (χ4n) is 1.81. The third-order valence-corrected chi connectivity index (χ3v) is 5.47. The molecule has 3 N–H and O–H groups in total. The Bertz CT molecular complexity index is 774. The Kier molecular flexibility index (Phi) is 7.05. The van der Waals surface area contributed by atoms with Crippen molar-refractivity contribution in [3.8, 4) is 5.75 Å². The van der Waals surface area contributed by atoms with Gasteiger partial charge in [0.25, 0.3) is 5.91 Å². The van der Waals surface area contributed by atoms with E-state index in [1.165, 1.54) is 9.78 Å². The number of phenolic OH excluding ortho intramolecular Hbond substituents is 1. The second kappa shape index (κ2) is 8.82. The molecular weight excluding hydrogens is 553 g/mol. The molecule has 0 atom stereocenters. The number of nitrogens with zero attached hydrogens (tertiary/aromatic N) is 1. The number of rotatable bonds is 5. The van der Waals surface area contributed by atoms with Crippen molar-refractivity contribution in [2.24, 2.45) is 5.10 Å². The van der Waals surface area contributed by atoms with Gasteiger partial charge in [0.15, 0.2) is 0 Å². The van der Waals surface area contributed by atoms with Crippen molar-refractivity contribution in [3.63, 3.8) is 0 Å². The van der Waals surface area contributed by atoms with Crippen LogP contribution in [0.15, 0.2) is 44.4 Å². The second-order valence-corrected chi connectivity index (χ2v) is 7.81. The number of benzene rings is 2. The van der Waals surface area contributed by atoms with Crippen LogP contribution in [0.1, 0.15) is 11.1 Å². The lowest BCUT2D eigenvalue weighted by molar-refractivity contribution is -0.119. The molecule has 126 valence electrons. The van der Waals surface area contributed by atoms with Gasteiger partial charge in [-0.1, -0.05) is 0 Å². The van der Waals surface area contributed by atoms with Crippen molar-refractivity contribution in [1.82, 2.24) is 5.43 Å². The maximum absolute atomic E-state index is 11.8. The van der Waals surface area contributed by atoms with Gasteiger partial charge < -0.3 is 10.4 Å². The Balaban J connectivity index is 1.87. The molecule has 1 amide bonds. The number of hydrazone groups is 1. The van der Waals surface area contributed by atoms with Crippen molar-refractivity contribution in [1.29, 1.82) is 0 Å². The number of nitrogens with one attached hydrogen (secondary N) is 2. The number of carbonyl (C=O) groups is 1. The largest absolute Gasteiger partial charge is 0.506 e. The number of halogens is 3. The Morgan fingerprint density at radius 1 is 1.29 bits per heavy atom. The van der Waals surface area contributed by atoms with Crippen LogP contribution in [0.2, 0.25) is 0 Å². The van der Waals surface area contributed by atoms with E-state index in [0.717, 1.165) is 16.8 Å². The summed E-state index contributed by atoms with van der Waals surface area (Å²) in [5.41, 5.74) is 5.23. The lowest BCUT2D eigenvalue weighted by Crippen LogP contribution is -2.25. The summed E-state index contributed by atoms with van der Waals surface area (Å²) in [4.78, 5) is 11.8. The maximum atomic E-state index is 11.8. The molecular formula is C16H14Br2IN3O2. The summed E-state index contributed by atoms with van der Waals surface area (Å²) in [6.45, 7) is 2.14. The first kappa shape index (κ1) is 19.2. The molecule has 0 radical (unpaired) electrons. The molecule has 0 bridgehead atoms. The fourth-order valence-corrected chi connectivity index (χ4v) is 3.37. The molecule has 0 aliphatic rings. The quantitative estimate of drug-likeness (QED) is 0.285. The van der Waals surface area contributed by atoms with Crippen LogP contribution in [0, 0.1) is 10.5 Å². The lowest BCUT2D eigenvalue weighted by atomic mass is 10.2. The highest BCUT2D eigenvalue weighted by atomic mass is 127. The molecule has 0 aromatic heterocycles. The molecule has 2 rings (SSSR count). The highest BCUT2D eigenvalue weighted by Gasteiger charge is 2.05. The minimum absolute atomic E-state index is 0.119. The SMILES string of the molecule is Cc1cc(NCC(=O)NN=Cc2cc(Br)c(O)c(Br)c2)ccc1I. The second-order valence-electron chi connectivity index (χ2n) is 4.94. The third-order valence-electron chi connectivity index (χ3n) is 3.05. The highest BCUT2D eigenvalue weighted by molar-refractivity contribution is 14.1. The number of aromatic hydroxyl groups is 1. The van der Waals surface area contributed by atoms with Crippen molar-refractivity contribution in [2.45, 2.75) is 6.92 Å². The number of anilines is 1. The molecule has 2 aromatic carbocycles. The minimum Gasteiger partial charge on any atom is -0.506 e. The summed E-state index contributed by atoms with van der Waals surface area (Å²) in [6.07, 6.45) is 1.50. The van der Waals surface area contributed by atoms with E-state index in [9.17, 15) is 9.90 Å². The average molecular weight is 567 g/mol. The summed E-state index contributed by atoms with van der Waals surface area (Å²) >= 11 is 8.74. The molecule has 0 aliphatic heterocycles. The van der Waals surface area contributed by atoms with E-state index in [1.807, 2.05) is 25.1 Å². The van der Waals surface area contributed by atoms with E-state index in [4.69, 9.17) is 0 Å². The normalized spacial score (nSPS) is 10.8. The van der Waals surface area contributed by atoms with Crippen molar-refractivity contribution in [3.05, 3.63) is 54.0 Å². The molecule has 24 heavy (non-hydrogen) atoms. The van der Waals surface area contributed by atoms with E-state index >= 15 is 0 Å². The van der Waals surface area contributed by atoms with E-state index in [0.29, 0.717) is 8.95 Å². The Morgan fingerprint density at radius 2 is 1.96 bits per heavy atom. The zero-order valence-corrected chi connectivity index (χ0v) is 17.9. The fraction of sp³-hybridized carbons (Fsp3) is 0.125. The minimum atomic E-state index is -0.251. The molecule has 2 aromatic rings. The average Bonchev–Trinajstić information content (AvgIpc) is 2.53. The first-order valence-electron chi connectivity index (χ1n) is 6.86. The van der Waals surface area contributed by atoms with Gasteiger partial charge in [-0.25, -0.2) is 5.43 Å². The van der Waals surface area contributed by atoms with Gasteiger partial charge in [0.05, 0.1) is 21.7 Å². The van der Waals surface area contributed by atoms with Crippen molar-refractivity contribution < 1.29 is 9.90 Å². The van der Waals surface area contributed by atoms with E-state index < -0.39 is 0 Å². The van der Waals surface area contributed by atoms with Crippen LogP contribution in [0.4, 0.5) is 5.69 Å². The van der Waals surface area contributed by atoms with Crippen molar-refractivity contribution in [2.75, 3.05) is 11.9 Å². The van der Waals surface area contributed by atoms with E-state index in [2.05, 4.69) is 70.3 Å². The number of hydrogen-bond acceptors (Lipinski definition) is 4. The van der Waals surface area contributed by atoms with Gasteiger partial charge in [-0.2, -0.15) is 5.10 Å². The predicted octanol–water partition coefficient (Wildman–Crippen LogP) is 4.39. The van der Waals surface area contributed by atoms with Crippen LogP contribution in [0.25, 0.3) is 0 Å². The van der Waals surface area contributed by atoms with Gasteiger partial charge in [0.1, 0.15) is 5.75 Å². The Morgan fingerprint density at radius 3 is 2.58 bits per heavy atom. The number of aryl methyl sites for hydroxylation is 1. The van der Waals surface area contributed by atoms with E-state index in [-0.39, 0.29) is 18.2 Å². The molecule has 0 spiro atoms. The summed E-state index contributed by atoms with van der Waals surface area (Å²) in [5.74, 6) is -0.132.